The zero-order valence-electron chi connectivity index (χ0n) is 11.1. The predicted molar refractivity (Wildman–Crippen MR) is 72.4 cm³/mol. The van der Waals surface area contributed by atoms with Gasteiger partial charge in [-0.3, -0.25) is 0 Å². The SMILES string of the molecule is CC(C)CN1c2ccccc2CC1CC(C)O. The first-order valence-electron chi connectivity index (χ1n) is 6.60. The molecule has 0 fully saturated rings. The summed E-state index contributed by atoms with van der Waals surface area (Å²) in [6.07, 6.45) is 1.72. The summed E-state index contributed by atoms with van der Waals surface area (Å²) in [7, 11) is 0. The van der Waals surface area contributed by atoms with Crippen LogP contribution in [0.3, 0.4) is 0 Å². The summed E-state index contributed by atoms with van der Waals surface area (Å²) in [5.41, 5.74) is 2.80. The molecule has 0 aromatic heterocycles. The van der Waals surface area contributed by atoms with E-state index in [4.69, 9.17) is 0 Å². The summed E-state index contributed by atoms with van der Waals surface area (Å²) in [6.45, 7) is 7.46. The number of aliphatic hydroxyl groups is 1. The maximum absolute atomic E-state index is 9.62. The third-order valence-corrected chi connectivity index (χ3v) is 3.37. The molecular weight excluding hydrogens is 210 g/mol. The van der Waals surface area contributed by atoms with Crippen LogP contribution < -0.4 is 4.90 Å². The molecule has 2 nitrogen and oxygen atoms in total. The van der Waals surface area contributed by atoms with Crippen molar-refractivity contribution in [2.75, 3.05) is 11.4 Å². The minimum absolute atomic E-state index is 0.219. The Labute approximate surface area is 104 Å². The van der Waals surface area contributed by atoms with Crippen molar-refractivity contribution in [3.05, 3.63) is 29.8 Å². The summed E-state index contributed by atoms with van der Waals surface area (Å²) in [5, 5.41) is 9.62. The van der Waals surface area contributed by atoms with Crippen molar-refractivity contribution in [3.8, 4) is 0 Å². The van der Waals surface area contributed by atoms with Crippen LogP contribution in [-0.2, 0) is 6.42 Å². The summed E-state index contributed by atoms with van der Waals surface area (Å²) >= 11 is 0. The molecule has 0 saturated heterocycles. The quantitative estimate of drug-likeness (QED) is 0.864. The van der Waals surface area contributed by atoms with Gasteiger partial charge in [0.15, 0.2) is 0 Å². The van der Waals surface area contributed by atoms with Gasteiger partial charge in [-0.1, -0.05) is 32.0 Å². The molecule has 2 atom stereocenters. The van der Waals surface area contributed by atoms with Crippen LogP contribution in [0.15, 0.2) is 24.3 Å². The normalized spacial score (nSPS) is 20.8. The lowest BCUT2D eigenvalue weighted by Gasteiger charge is -2.30. The zero-order chi connectivity index (χ0) is 12.4. The number of rotatable bonds is 4. The van der Waals surface area contributed by atoms with Gasteiger partial charge in [0.05, 0.1) is 6.10 Å². The standard InChI is InChI=1S/C15H23NO/c1-11(2)10-16-14(8-12(3)17)9-13-6-4-5-7-15(13)16/h4-7,11-12,14,17H,8-10H2,1-3H3. The van der Waals surface area contributed by atoms with Gasteiger partial charge in [-0.25, -0.2) is 0 Å². The smallest absolute Gasteiger partial charge is 0.0531 e. The lowest BCUT2D eigenvalue weighted by molar-refractivity contribution is 0.173. The average Bonchev–Trinajstić information content (AvgIpc) is 2.55. The Bertz CT molecular complexity index is 373. The molecule has 94 valence electrons. The maximum Gasteiger partial charge on any atom is 0.0531 e. The van der Waals surface area contributed by atoms with Crippen LogP contribution in [0.5, 0.6) is 0 Å². The van der Waals surface area contributed by atoms with Gasteiger partial charge in [0, 0.05) is 18.3 Å². The van der Waals surface area contributed by atoms with Gasteiger partial charge >= 0.3 is 0 Å². The maximum atomic E-state index is 9.62. The van der Waals surface area contributed by atoms with Gasteiger partial charge in [-0.15, -0.1) is 0 Å². The third-order valence-electron chi connectivity index (χ3n) is 3.37. The first-order valence-corrected chi connectivity index (χ1v) is 6.60. The Morgan fingerprint density at radius 2 is 2.00 bits per heavy atom. The minimum atomic E-state index is -0.219. The number of benzene rings is 1. The van der Waals surface area contributed by atoms with Gasteiger partial charge in [0.1, 0.15) is 0 Å². The molecule has 17 heavy (non-hydrogen) atoms. The highest BCUT2D eigenvalue weighted by atomic mass is 16.3. The Morgan fingerprint density at radius 3 is 2.65 bits per heavy atom. The van der Waals surface area contributed by atoms with Crippen molar-refractivity contribution in [2.45, 2.75) is 45.8 Å². The summed E-state index contributed by atoms with van der Waals surface area (Å²) in [5.74, 6) is 0.651. The fourth-order valence-electron chi connectivity index (χ4n) is 2.77. The molecule has 1 aromatic rings. The molecule has 2 rings (SSSR count). The molecule has 0 bridgehead atoms. The molecule has 1 N–H and O–H groups in total. The van der Waals surface area contributed by atoms with Crippen LogP contribution in [-0.4, -0.2) is 23.8 Å². The summed E-state index contributed by atoms with van der Waals surface area (Å²) < 4.78 is 0. The number of para-hydroxylation sites is 1. The molecule has 1 aliphatic heterocycles. The van der Waals surface area contributed by atoms with E-state index in [-0.39, 0.29) is 6.10 Å². The van der Waals surface area contributed by atoms with Gasteiger partial charge < -0.3 is 10.0 Å². The van der Waals surface area contributed by atoms with Crippen molar-refractivity contribution in [3.63, 3.8) is 0 Å². The Hall–Kier alpha value is -1.02. The zero-order valence-corrected chi connectivity index (χ0v) is 11.1. The van der Waals surface area contributed by atoms with Gasteiger partial charge in [-0.2, -0.15) is 0 Å². The van der Waals surface area contributed by atoms with Gasteiger partial charge in [0.25, 0.3) is 0 Å². The number of aliphatic hydroxyl groups excluding tert-OH is 1. The predicted octanol–water partition coefficient (Wildman–Crippen LogP) is 2.84. The van der Waals surface area contributed by atoms with Crippen LogP contribution in [0.2, 0.25) is 0 Å². The summed E-state index contributed by atoms with van der Waals surface area (Å²) in [6, 6.07) is 9.10. The van der Waals surface area contributed by atoms with Crippen LogP contribution in [0.1, 0.15) is 32.8 Å². The number of fused-ring (bicyclic) bond motifs is 1. The number of hydrogen-bond donors (Lipinski definition) is 1. The van der Waals surface area contributed by atoms with E-state index in [2.05, 4.69) is 43.0 Å². The molecule has 0 saturated carbocycles. The molecule has 0 amide bonds. The monoisotopic (exact) mass is 233 g/mol. The average molecular weight is 233 g/mol. The molecule has 0 aliphatic carbocycles. The van der Waals surface area contributed by atoms with Gasteiger partial charge in [-0.05, 0) is 37.3 Å². The van der Waals surface area contributed by atoms with Crippen LogP contribution >= 0.6 is 0 Å². The van der Waals surface area contributed by atoms with Crippen molar-refractivity contribution >= 4 is 5.69 Å². The fraction of sp³-hybridized carbons (Fsp3) is 0.600. The van der Waals surface area contributed by atoms with E-state index >= 15 is 0 Å². The largest absolute Gasteiger partial charge is 0.393 e. The van der Waals surface area contributed by atoms with Crippen molar-refractivity contribution in [2.24, 2.45) is 5.92 Å². The fourth-order valence-corrected chi connectivity index (χ4v) is 2.77. The van der Waals surface area contributed by atoms with Crippen molar-refractivity contribution < 1.29 is 5.11 Å². The first kappa shape index (κ1) is 12.4. The van der Waals surface area contributed by atoms with E-state index < -0.39 is 0 Å². The lowest BCUT2D eigenvalue weighted by Crippen LogP contribution is -2.37. The molecule has 0 radical (unpaired) electrons. The van der Waals surface area contributed by atoms with Crippen LogP contribution in [0, 0.1) is 5.92 Å². The Morgan fingerprint density at radius 1 is 1.29 bits per heavy atom. The molecular formula is C15H23NO. The Balaban J connectivity index is 2.20. The van der Waals surface area contributed by atoms with Crippen molar-refractivity contribution in [1.29, 1.82) is 0 Å². The van der Waals surface area contributed by atoms with Gasteiger partial charge in [0.2, 0.25) is 0 Å². The highest BCUT2D eigenvalue weighted by Crippen LogP contribution is 2.34. The van der Waals surface area contributed by atoms with E-state index in [1.165, 1.54) is 11.3 Å². The minimum Gasteiger partial charge on any atom is -0.393 e. The van der Waals surface area contributed by atoms with E-state index in [1.54, 1.807) is 0 Å². The molecule has 1 aromatic carbocycles. The van der Waals surface area contributed by atoms with Crippen LogP contribution in [0.25, 0.3) is 0 Å². The van der Waals surface area contributed by atoms with Crippen molar-refractivity contribution in [1.82, 2.24) is 0 Å². The molecule has 1 heterocycles. The molecule has 2 heteroatoms. The Kier molecular flexibility index (Phi) is 3.72. The number of hydrogen-bond acceptors (Lipinski definition) is 2. The van der Waals surface area contributed by atoms with E-state index in [9.17, 15) is 5.11 Å². The first-order chi connectivity index (χ1) is 8.08. The topological polar surface area (TPSA) is 23.5 Å². The second-order valence-electron chi connectivity index (χ2n) is 5.62. The number of anilines is 1. The van der Waals surface area contributed by atoms with E-state index in [1.807, 2.05) is 6.92 Å². The lowest BCUT2D eigenvalue weighted by atomic mass is 10.0. The molecule has 2 unspecified atom stereocenters. The number of nitrogens with zero attached hydrogens (tertiary/aromatic N) is 1. The second kappa shape index (κ2) is 5.09. The second-order valence-corrected chi connectivity index (χ2v) is 5.62. The molecule has 0 spiro atoms. The highest BCUT2D eigenvalue weighted by Gasteiger charge is 2.29. The van der Waals surface area contributed by atoms with E-state index in [0.717, 1.165) is 19.4 Å². The summed E-state index contributed by atoms with van der Waals surface area (Å²) in [4.78, 5) is 2.48. The highest BCUT2D eigenvalue weighted by molar-refractivity contribution is 5.59. The molecule has 1 aliphatic rings. The van der Waals surface area contributed by atoms with E-state index in [0.29, 0.717) is 12.0 Å². The third kappa shape index (κ3) is 2.81. The van der Waals surface area contributed by atoms with Crippen LogP contribution in [0.4, 0.5) is 5.69 Å².